The van der Waals surface area contributed by atoms with Gasteiger partial charge in [0, 0.05) is 0 Å². The lowest BCUT2D eigenvalue weighted by Gasteiger charge is -2.17. The molecule has 0 N–H and O–H groups in total. The highest BCUT2D eigenvalue weighted by Crippen LogP contribution is 2.24. The highest BCUT2D eigenvalue weighted by molar-refractivity contribution is 5.48. The molecule has 1 aliphatic heterocycles. The number of hydrogen-bond donors (Lipinski definition) is 0. The van der Waals surface area contributed by atoms with Crippen LogP contribution in [-0.4, -0.2) is 24.9 Å². The second kappa shape index (κ2) is 8.24. The number of benzene rings is 2. The quantitative estimate of drug-likeness (QED) is 0.627. The van der Waals surface area contributed by atoms with Gasteiger partial charge in [0.2, 0.25) is 0 Å². The average molecular weight is 368 g/mol. The molecule has 0 atom stereocenters. The van der Waals surface area contributed by atoms with Gasteiger partial charge in [0.05, 0.1) is 12.3 Å². The number of aryl methyl sites for hydroxylation is 1. The predicted molar refractivity (Wildman–Crippen MR) is 78.7 cm³/mol. The van der Waals surface area contributed by atoms with Crippen molar-refractivity contribution in [3.05, 3.63) is 54.1 Å². The minimum atomic E-state index is -4.94. The molecule has 0 spiro atoms. The molecular weight excluding hydrogens is 350 g/mol. The predicted octanol–water partition coefficient (Wildman–Crippen LogP) is -1.22. The molecule has 8 nitrogen and oxygen atoms in total. The van der Waals surface area contributed by atoms with Crippen LogP contribution in [0.3, 0.4) is 0 Å². The van der Waals surface area contributed by atoms with E-state index in [-0.39, 0.29) is 0 Å². The molecule has 0 saturated carbocycles. The Morgan fingerprint density at radius 3 is 2.08 bits per heavy atom. The molecule has 1 aliphatic rings. The highest BCUT2D eigenvalue weighted by atomic mass is 35.7. The first-order chi connectivity index (χ1) is 11.8. The average Bonchev–Trinajstić information content (AvgIpc) is 3.04. The van der Waals surface area contributed by atoms with Gasteiger partial charge in [0.1, 0.15) is 17.1 Å². The minimum absolute atomic E-state index is 0.864. The van der Waals surface area contributed by atoms with Crippen LogP contribution in [0.15, 0.2) is 53.8 Å². The maximum absolute atomic E-state index is 8.49. The Hall–Kier alpha value is -2.23. The number of anilines is 1. The van der Waals surface area contributed by atoms with Gasteiger partial charge in [-0.2, -0.15) is 0 Å². The fourth-order valence-electron chi connectivity index (χ4n) is 2.24. The van der Waals surface area contributed by atoms with Gasteiger partial charge in [-0.1, -0.05) is 17.7 Å². The van der Waals surface area contributed by atoms with E-state index >= 15 is 0 Å². The molecule has 2 aromatic carbocycles. The van der Waals surface area contributed by atoms with Crippen molar-refractivity contribution in [2.24, 2.45) is 5.22 Å². The van der Waals surface area contributed by atoms with Gasteiger partial charge in [-0.05, 0) is 43.3 Å². The summed E-state index contributed by atoms with van der Waals surface area (Å²) < 4.78 is 41.2. The third-order valence-electron chi connectivity index (χ3n) is 3.44. The van der Waals surface area contributed by atoms with Crippen molar-refractivity contribution >= 4 is 11.4 Å². The van der Waals surface area contributed by atoms with E-state index in [4.69, 9.17) is 23.4 Å². The largest absolute Gasteiger partial charge is 0.497 e. The number of hydrogen-bond acceptors (Lipinski definition) is 7. The van der Waals surface area contributed by atoms with Crippen molar-refractivity contribution in [1.82, 2.24) is 0 Å². The summed E-state index contributed by atoms with van der Waals surface area (Å²) in [5, 5.41) is 6.65. The van der Waals surface area contributed by atoms with Crippen LogP contribution in [0.4, 0.5) is 11.4 Å². The summed E-state index contributed by atoms with van der Waals surface area (Å²) in [6.07, 6.45) is 0. The summed E-state index contributed by atoms with van der Waals surface area (Å²) in [6, 6.07) is 16.4. The Morgan fingerprint density at radius 1 is 1.00 bits per heavy atom. The standard InChI is InChI=1S/C16H18N3O.ClHO4/c1-13-3-5-14(6-4-13)18-11-12-19(17-18)15-7-9-16(20-2)10-8-15;2-1(3,4)5/h3-10H,11-12H2,1-2H3;(H,2,3,4,5)/q+1;/p-1. The van der Waals surface area contributed by atoms with E-state index in [1.807, 2.05) is 34.0 Å². The van der Waals surface area contributed by atoms with Crippen molar-refractivity contribution in [2.75, 3.05) is 25.2 Å². The molecule has 0 saturated heterocycles. The molecular formula is C16H18ClN3O5. The van der Waals surface area contributed by atoms with Gasteiger partial charge < -0.3 is 4.74 Å². The second-order valence-corrected chi connectivity index (χ2v) is 6.00. The third kappa shape index (κ3) is 6.29. The molecule has 0 aliphatic carbocycles. The van der Waals surface area contributed by atoms with E-state index in [9.17, 15) is 0 Å². The second-order valence-electron chi connectivity index (χ2n) is 5.25. The van der Waals surface area contributed by atoms with Crippen LogP contribution in [0.1, 0.15) is 5.56 Å². The summed E-state index contributed by atoms with van der Waals surface area (Å²) in [4.78, 5) is 0. The lowest BCUT2D eigenvalue weighted by atomic mass is 10.2. The fraction of sp³-hybridized carbons (Fsp3) is 0.250. The maximum atomic E-state index is 8.49. The monoisotopic (exact) mass is 367 g/mol. The van der Waals surface area contributed by atoms with Crippen LogP contribution >= 0.6 is 0 Å². The van der Waals surface area contributed by atoms with Gasteiger partial charge in [0.25, 0.3) is 0 Å². The van der Waals surface area contributed by atoms with Gasteiger partial charge in [-0.3, -0.25) is 0 Å². The molecule has 1 heterocycles. The third-order valence-corrected chi connectivity index (χ3v) is 3.44. The van der Waals surface area contributed by atoms with Gasteiger partial charge in [-0.25, -0.2) is 18.6 Å². The van der Waals surface area contributed by atoms with E-state index in [1.54, 1.807) is 7.11 Å². The smallest absolute Gasteiger partial charge is 0.153 e. The van der Waals surface area contributed by atoms with Crippen LogP contribution in [0.5, 0.6) is 5.75 Å². The van der Waals surface area contributed by atoms with Crippen LogP contribution in [0.2, 0.25) is 0 Å². The minimum Gasteiger partial charge on any atom is -0.497 e. The number of halogens is 1. The lowest BCUT2D eigenvalue weighted by molar-refractivity contribution is -2.00. The number of rotatable bonds is 3. The van der Waals surface area contributed by atoms with E-state index < -0.39 is 10.2 Å². The van der Waals surface area contributed by atoms with Crippen molar-refractivity contribution in [3.8, 4) is 5.75 Å². The van der Waals surface area contributed by atoms with E-state index in [1.165, 1.54) is 5.56 Å². The topological polar surface area (TPSA) is 120 Å². The van der Waals surface area contributed by atoms with E-state index in [0.29, 0.717) is 0 Å². The summed E-state index contributed by atoms with van der Waals surface area (Å²) >= 11 is 0. The summed E-state index contributed by atoms with van der Waals surface area (Å²) in [5.41, 5.74) is 3.48. The molecule has 2 aromatic rings. The molecule has 0 bridgehead atoms. The zero-order chi connectivity index (χ0) is 18.4. The molecule has 134 valence electrons. The van der Waals surface area contributed by atoms with Gasteiger partial charge in [0.15, 0.2) is 13.1 Å². The molecule has 25 heavy (non-hydrogen) atoms. The Morgan fingerprint density at radius 2 is 1.56 bits per heavy atom. The highest BCUT2D eigenvalue weighted by Gasteiger charge is 2.24. The summed E-state index contributed by atoms with van der Waals surface area (Å²) in [5.74, 6) is 0.864. The molecule has 3 rings (SSSR count). The first kappa shape index (κ1) is 19.1. The van der Waals surface area contributed by atoms with Crippen LogP contribution in [0, 0.1) is 17.2 Å². The zero-order valence-corrected chi connectivity index (χ0v) is 14.5. The molecule has 0 fully saturated rings. The summed E-state index contributed by atoms with van der Waals surface area (Å²) in [6.45, 7) is 3.88. The molecule has 9 heteroatoms. The molecule has 0 aromatic heterocycles. The zero-order valence-electron chi connectivity index (χ0n) is 13.8. The van der Waals surface area contributed by atoms with Crippen LogP contribution in [0.25, 0.3) is 0 Å². The first-order valence-electron chi connectivity index (χ1n) is 7.35. The van der Waals surface area contributed by atoms with Gasteiger partial charge in [-0.15, -0.1) is 19.9 Å². The SMILES string of the molecule is COc1ccc(N2CC[N+](c3ccc(C)cc3)=N2)cc1.[O-][Cl+3]([O-])([O-])[O-]. The molecule has 0 radical (unpaired) electrons. The van der Waals surface area contributed by atoms with E-state index in [2.05, 4.69) is 36.4 Å². The lowest BCUT2D eigenvalue weighted by Crippen LogP contribution is -2.68. The van der Waals surface area contributed by atoms with Gasteiger partial charge >= 0.3 is 0 Å². The van der Waals surface area contributed by atoms with Crippen molar-refractivity contribution in [2.45, 2.75) is 6.92 Å². The van der Waals surface area contributed by atoms with Crippen molar-refractivity contribution in [3.63, 3.8) is 0 Å². The molecule has 0 amide bonds. The fourth-order valence-corrected chi connectivity index (χ4v) is 2.24. The van der Waals surface area contributed by atoms with Crippen LogP contribution in [-0.2, 0) is 0 Å². The number of ether oxygens (including phenoxy) is 1. The van der Waals surface area contributed by atoms with Crippen LogP contribution < -0.4 is 28.4 Å². The Bertz CT molecular complexity index is 708. The Labute approximate surface area is 147 Å². The van der Waals surface area contributed by atoms with E-state index in [0.717, 1.165) is 30.2 Å². The Kier molecular flexibility index (Phi) is 6.29. The van der Waals surface area contributed by atoms with Crippen molar-refractivity contribution < 1.29 is 38.3 Å². The maximum Gasteiger partial charge on any atom is 0.153 e. The summed E-state index contributed by atoms with van der Waals surface area (Å²) in [7, 11) is -3.27. The number of nitrogens with zero attached hydrogens (tertiary/aromatic N) is 3. The molecule has 0 unspecified atom stereocenters. The number of methoxy groups -OCH3 is 1. The normalized spacial score (nSPS) is 13.8. The first-order valence-corrected chi connectivity index (χ1v) is 8.59. The Balaban J connectivity index is 0.000000399. The van der Waals surface area contributed by atoms with Crippen molar-refractivity contribution in [1.29, 1.82) is 0 Å².